The van der Waals surface area contributed by atoms with Crippen LogP contribution in [-0.2, 0) is 0 Å². The highest BCUT2D eigenvalue weighted by atomic mass is 79.9. The van der Waals surface area contributed by atoms with Gasteiger partial charge >= 0.3 is 18.2 Å². The van der Waals surface area contributed by atoms with E-state index in [-0.39, 0.29) is 18.2 Å². The van der Waals surface area contributed by atoms with Gasteiger partial charge in [-0.05, 0) is 0 Å². The molecule has 0 aromatic heterocycles. The summed E-state index contributed by atoms with van der Waals surface area (Å²) in [5.41, 5.74) is 0. The smallest absolute Gasteiger partial charge is 0.306 e. The topological polar surface area (TPSA) is 0 Å². The van der Waals surface area contributed by atoms with Crippen molar-refractivity contribution in [1.29, 1.82) is 0 Å². The van der Waals surface area contributed by atoms with Gasteiger partial charge in [0, 0.05) is 0 Å². The highest BCUT2D eigenvalue weighted by Gasteiger charge is 2.32. The van der Waals surface area contributed by atoms with E-state index >= 15 is 0 Å². The first-order valence-electron chi connectivity index (χ1n) is 7.39. The Kier molecular flexibility index (Phi) is 8.81. The van der Waals surface area contributed by atoms with E-state index in [0.29, 0.717) is 0 Å². The van der Waals surface area contributed by atoms with E-state index in [0.717, 1.165) is 15.9 Å². The second-order valence-electron chi connectivity index (χ2n) is 5.55. The molecule has 0 aliphatic heterocycles. The SMILES string of the molecule is CCCCC1CCCC(CCCC)[CH]1[Mg][Br]. The van der Waals surface area contributed by atoms with Gasteiger partial charge in [0.1, 0.15) is 0 Å². The lowest BCUT2D eigenvalue weighted by molar-refractivity contribution is 0.238. The molecule has 0 bridgehead atoms. The highest BCUT2D eigenvalue weighted by molar-refractivity contribution is 9.23. The standard InChI is InChI=1S/C14H27.BrH.Mg/c1-3-5-8-13-10-7-11-14(12-13)9-6-4-2;;/h12-14H,3-11H2,1-2H3;1H;/q;;+1/p-1. The molecule has 0 heterocycles. The van der Waals surface area contributed by atoms with E-state index in [1.807, 2.05) is 0 Å². The summed E-state index contributed by atoms with van der Waals surface area (Å²) in [4.78, 5) is 0. The number of rotatable bonds is 7. The van der Waals surface area contributed by atoms with Crippen LogP contribution in [0.3, 0.4) is 0 Å². The molecule has 92 valence electrons. The van der Waals surface area contributed by atoms with E-state index in [1.165, 1.54) is 57.8 Å². The minimum Gasteiger partial charge on any atom is -0.306 e. The molecular weight excluding hydrogens is 272 g/mol. The molecule has 0 nitrogen and oxygen atoms in total. The molecule has 16 heavy (non-hydrogen) atoms. The molecule has 2 atom stereocenters. The lowest BCUT2D eigenvalue weighted by Gasteiger charge is -2.38. The maximum Gasteiger partial charge on any atom is 0.472 e. The third-order valence-electron chi connectivity index (χ3n) is 4.40. The minimum absolute atomic E-state index is 0.0299. The zero-order chi connectivity index (χ0) is 11.8. The predicted molar refractivity (Wildman–Crippen MR) is 78.3 cm³/mol. The van der Waals surface area contributed by atoms with Crippen molar-refractivity contribution in [3.63, 3.8) is 0 Å². The molecule has 0 saturated heterocycles. The van der Waals surface area contributed by atoms with Crippen molar-refractivity contribution in [2.24, 2.45) is 11.8 Å². The summed E-state index contributed by atoms with van der Waals surface area (Å²) in [5.74, 6) is 2.17. The van der Waals surface area contributed by atoms with Crippen LogP contribution in [0.25, 0.3) is 0 Å². The Morgan fingerprint density at radius 2 is 1.50 bits per heavy atom. The molecule has 1 saturated carbocycles. The largest absolute Gasteiger partial charge is 0.472 e. The molecule has 0 aromatic carbocycles. The van der Waals surface area contributed by atoms with E-state index < -0.39 is 0 Å². The quantitative estimate of drug-likeness (QED) is 0.538. The molecular formula is C14H27BrMg. The minimum atomic E-state index is 0.0299. The first kappa shape index (κ1) is 15.3. The summed E-state index contributed by atoms with van der Waals surface area (Å²) >= 11 is 3.94. The molecule has 0 aromatic rings. The summed E-state index contributed by atoms with van der Waals surface area (Å²) in [5, 5.41) is 0. The molecule has 1 fully saturated rings. The van der Waals surface area contributed by atoms with Gasteiger partial charge in [0.2, 0.25) is 0 Å². The number of halogens is 1. The van der Waals surface area contributed by atoms with E-state index in [2.05, 4.69) is 26.7 Å². The summed E-state index contributed by atoms with van der Waals surface area (Å²) in [6.45, 7) is 4.66. The average Bonchev–Trinajstić information content (AvgIpc) is 2.33. The van der Waals surface area contributed by atoms with Crippen molar-refractivity contribution in [2.45, 2.75) is 75.7 Å². The summed E-state index contributed by atoms with van der Waals surface area (Å²) < 4.78 is 1.12. The second kappa shape index (κ2) is 9.21. The Hall–Kier alpha value is 1.25. The van der Waals surface area contributed by atoms with Gasteiger partial charge in [0.25, 0.3) is 0 Å². The summed E-state index contributed by atoms with van der Waals surface area (Å²) in [7, 11) is 0. The number of hydrogen-bond donors (Lipinski definition) is 0. The van der Waals surface area contributed by atoms with Crippen LogP contribution in [0.4, 0.5) is 0 Å². The van der Waals surface area contributed by atoms with Crippen LogP contribution in [0.15, 0.2) is 0 Å². The molecule has 1 aliphatic carbocycles. The maximum atomic E-state index is 3.91. The van der Waals surface area contributed by atoms with Crippen LogP contribution in [0.2, 0.25) is 4.05 Å². The summed E-state index contributed by atoms with van der Waals surface area (Å²) in [6, 6.07) is 0. The van der Waals surface area contributed by atoms with Gasteiger partial charge in [-0.1, -0.05) is 83.5 Å². The first-order chi connectivity index (χ1) is 7.83. The van der Waals surface area contributed by atoms with Gasteiger partial charge in [0.15, 0.2) is 0 Å². The van der Waals surface area contributed by atoms with Crippen LogP contribution in [0.5, 0.6) is 0 Å². The lowest BCUT2D eigenvalue weighted by Crippen LogP contribution is -2.26. The molecule has 1 aliphatic rings. The van der Waals surface area contributed by atoms with E-state index in [4.69, 9.17) is 0 Å². The van der Waals surface area contributed by atoms with Crippen molar-refractivity contribution in [3.8, 4) is 0 Å². The van der Waals surface area contributed by atoms with Gasteiger partial charge in [-0.2, -0.15) is 0 Å². The van der Waals surface area contributed by atoms with Crippen molar-refractivity contribution in [3.05, 3.63) is 0 Å². The van der Waals surface area contributed by atoms with Gasteiger partial charge in [0.05, 0.1) is 0 Å². The molecule has 2 heteroatoms. The normalized spacial score (nSPS) is 30.1. The molecule has 0 spiro atoms. The fraction of sp³-hybridized carbons (Fsp3) is 1.00. The Balaban J connectivity index is 2.43. The van der Waals surface area contributed by atoms with Gasteiger partial charge in [-0.3, -0.25) is 0 Å². The first-order valence-corrected chi connectivity index (χ1v) is 12.1. The zero-order valence-corrected chi connectivity index (χ0v) is 14.2. The van der Waals surface area contributed by atoms with Crippen molar-refractivity contribution in [1.82, 2.24) is 0 Å². The highest BCUT2D eigenvalue weighted by Crippen LogP contribution is 2.44. The zero-order valence-electron chi connectivity index (χ0n) is 11.2. The van der Waals surface area contributed by atoms with Crippen LogP contribution < -0.4 is 0 Å². The lowest BCUT2D eigenvalue weighted by atomic mass is 9.76. The van der Waals surface area contributed by atoms with Crippen molar-refractivity contribution >= 4 is 31.1 Å². The van der Waals surface area contributed by atoms with Gasteiger partial charge in [-0.15, -0.1) is 4.05 Å². The van der Waals surface area contributed by atoms with Crippen molar-refractivity contribution in [2.75, 3.05) is 0 Å². The fourth-order valence-corrected chi connectivity index (χ4v) is 7.98. The molecule has 2 unspecified atom stereocenters. The summed E-state index contributed by atoms with van der Waals surface area (Å²) in [6.07, 6.45) is 13.3. The fourth-order valence-electron chi connectivity index (χ4n) is 3.36. The van der Waals surface area contributed by atoms with Gasteiger partial charge in [-0.25, -0.2) is 0 Å². The van der Waals surface area contributed by atoms with Crippen LogP contribution in [-0.4, -0.2) is 18.2 Å². The van der Waals surface area contributed by atoms with Gasteiger partial charge < -0.3 is 12.9 Å². The van der Waals surface area contributed by atoms with Crippen LogP contribution >= 0.6 is 12.9 Å². The Morgan fingerprint density at radius 1 is 1.00 bits per heavy atom. The molecule has 1 rings (SSSR count). The number of hydrogen-bond acceptors (Lipinski definition) is 0. The maximum absolute atomic E-state index is 3.91. The third-order valence-corrected chi connectivity index (χ3v) is 8.33. The van der Waals surface area contributed by atoms with Crippen LogP contribution in [0, 0.1) is 11.8 Å². The third kappa shape index (κ3) is 4.85. The second-order valence-corrected chi connectivity index (χ2v) is 8.75. The average molecular weight is 300 g/mol. The van der Waals surface area contributed by atoms with Crippen LogP contribution in [0.1, 0.15) is 71.6 Å². The molecule has 0 amide bonds. The Bertz CT molecular complexity index is 156. The molecule has 0 N–H and O–H groups in total. The molecule has 0 radical (unpaired) electrons. The Labute approximate surface area is 118 Å². The monoisotopic (exact) mass is 298 g/mol. The number of unbranched alkanes of at least 4 members (excludes halogenated alkanes) is 2. The van der Waals surface area contributed by atoms with Crippen molar-refractivity contribution < 1.29 is 0 Å². The van der Waals surface area contributed by atoms with E-state index in [9.17, 15) is 0 Å². The predicted octanol–water partition coefficient (Wildman–Crippen LogP) is 5.59. The Morgan fingerprint density at radius 3 is 1.88 bits per heavy atom. The van der Waals surface area contributed by atoms with E-state index in [1.54, 1.807) is 0 Å².